The van der Waals surface area contributed by atoms with Gasteiger partial charge in [0.15, 0.2) is 0 Å². The van der Waals surface area contributed by atoms with Crippen LogP contribution in [0.2, 0.25) is 15.1 Å². The molecule has 0 aliphatic carbocycles. The van der Waals surface area contributed by atoms with Gasteiger partial charge in [-0.15, -0.1) is 0 Å². The molecule has 0 spiro atoms. The number of aromatic nitrogens is 6. The van der Waals surface area contributed by atoms with Crippen LogP contribution in [-0.2, 0) is 51.8 Å². The van der Waals surface area contributed by atoms with E-state index in [1.165, 1.54) is 23.7 Å². The number of carbonyl (C=O) groups is 3. The molecule has 99 heavy (non-hydrogen) atoms. The number of pyridine rings is 3. The molecule has 0 saturated heterocycles. The first-order valence-corrected chi connectivity index (χ1v) is 35.1. The van der Waals surface area contributed by atoms with Crippen LogP contribution in [0.1, 0.15) is 92.9 Å². The van der Waals surface area contributed by atoms with E-state index in [0.717, 1.165) is 108 Å². The number of ether oxygens (including phenoxy) is 1. The molecule has 6 aromatic carbocycles. The van der Waals surface area contributed by atoms with Crippen molar-refractivity contribution in [3.8, 4) is 5.88 Å². The number of fused-ring (bicyclic) bond motifs is 3. The number of aryl methyl sites for hydroxylation is 3. The van der Waals surface area contributed by atoms with Crippen molar-refractivity contribution in [1.82, 2.24) is 28.7 Å². The number of benzene rings is 6. The summed E-state index contributed by atoms with van der Waals surface area (Å²) in [6, 6.07) is 56.6. The Morgan fingerprint density at radius 3 is 1.01 bits per heavy atom. The molecule has 2 N–H and O–H groups in total. The second kappa shape index (κ2) is 41.6. The summed E-state index contributed by atoms with van der Waals surface area (Å²) in [5.74, 6) is 0.506. The number of carbonyl (C=O) groups excluding carboxylic acids is 6. The molecule has 6 heterocycles. The van der Waals surface area contributed by atoms with Gasteiger partial charge in [0.1, 0.15) is 0 Å². The minimum atomic E-state index is -0.0544. The third-order valence-corrected chi connectivity index (χ3v) is 16.2. The van der Waals surface area contributed by atoms with Gasteiger partial charge in [-0.3, -0.25) is 68.4 Å². The topological polar surface area (TPSA) is 216 Å². The van der Waals surface area contributed by atoms with Gasteiger partial charge < -0.3 is 24.9 Å². The number of rotatable bonds is 14. The van der Waals surface area contributed by atoms with Crippen molar-refractivity contribution in [1.29, 1.82) is 0 Å². The summed E-state index contributed by atoms with van der Waals surface area (Å²) in [6.07, 6.45) is 11.0. The van der Waals surface area contributed by atoms with Gasteiger partial charge in [-0.25, -0.2) is 4.98 Å². The first-order chi connectivity index (χ1) is 48.0. The molecule has 510 valence electrons. The van der Waals surface area contributed by atoms with E-state index >= 15 is 0 Å². The Morgan fingerprint density at radius 1 is 0.444 bits per heavy atom. The number of halogens is 4. The van der Waals surface area contributed by atoms with Crippen molar-refractivity contribution < 1.29 is 51.7 Å². The van der Waals surface area contributed by atoms with Gasteiger partial charge in [0, 0.05) is 115 Å². The summed E-state index contributed by atoms with van der Waals surface area (Å²) in [5.41, 5.74) is 21.8. The van der Waals surface area contributed by atoms with E-state index in [2.05, 4.69) is 84.3 Å². The molecule has 6 aromatic heterocycles. The summed E-state index contributed by atoms with van der Waals surface area (Å²) >= 11 is 19.1. The Balaban J connectivity index is 0.000000243. The van der Waals surface area contributed by atoms with Gasteiger partial charge in [0.25, 0.3) is 17.7 Å². The first-order valence-electron chi connectivity index (χ1n) is 30.6. The third kappa shape index (κ3) is 21.7. The van der Waals surface area contributed by atoms with Gasteiger partial charge in [-0.2, -0.15) is 0 Å². The maximum atomic E-state index is 13.3. The number of aliphatic imine (C=N–C) groups is 2. The SMILES string of the molecule is COc1ccccn1.Cc1ccc2c(c1)c(CCN)c(C)n2C(=O)c1ccc(Cl)cc1.Cc1ccc2c(c1)c(CCN=Cc1ccccn1)c(C)n2C(=O)c1ccc(Cl)cc1.Cc1ccc2c(c1)c(CCN=Cc1ccccn1)c(C)n2C(=O)c1ccc(Cl)cc1.[CH-]=O.[CH-]=O.[CH-]=O.[Cl][Re]. The van der Waals surface area contributed by atoms with Crippen LogP contribution in [-0.4, -0.2) is 106 Å². The summed E-state index contributed by atoms with van der Waals surface area (Å²) < 4.78 is 10.2. The molecule has 0 aliphatic rings. The maximum absolute atomic E-state index is 13.3. The molecule has 12 rings (SSSR count). The number of nitrogens with zero attached hydrogens (tertiary/aromatic N) is 8. The third-order valence-electron chi connectivity index (χ3n) is 15.4. The average Bonchev–Trinajstić information content (AvgIpc) is 1.63. The van der Waals surface area contributed by atoms with Crippen molar-refractivity contribution in [2.75, 3.05) is 26.7 Å². The number of hydrogen-bond acceptors (Lipinski definition) is 13. The van der Waals surface area contributed by atoms with E-state index in [0.29, 0.717) is 57.3 Å². The molecule has 0 saturated carbocycles. The van der Waals surface area contributed by atoms with E-state index in [-0.39, 0.29) is 17.7 Å². The Morgan fingerprint density at radius 2 is 0.747 bits per heavy atom. The Kier molecular flexibility index (Phi) is 33.6. The van der Waals surface area contributed by atoms with Gasteiger partial charge in [0.05, 0.1) is 35.0 Å². The van der Waals surface area contributed by atoms with Crippen LogP contribution in [0.25, 0.3) is 32.7 Å². The second-order valence-corrected chi connectivity index (χ2v) is 23.0. The predicted octanol–water partition coefficient (Wildman–Crippen LogP) is 16.4. The van der Waals surface area contributed by atoms with E-state index in [1.54, 1.807) is 131 Å². The molecule has 0 unspecified atom stereocenters. The molecule has 21 heteroatoms. The molecular formula is C78H73Cl4N9O7Re-3. The van der Waals surface area contributed by atoms with Gasteiger partial charge in [-0.1, -0.05) is 87.9 Å². The zero-order chi connectivity index (χ0) is 72.6. The molecular weight excluding hydrogens is 1500 g/mol. The van der Waals surface area contributed by atoms with Crippen LogP contribution in [0.5, 0.6) is 5.88 Å². The van der Waals surface area contributed by atoms with Crippen molar-refractivity contribution in [2.45, 2.75) is 60.8 Å². The molecule has 0 aliphatic heterocycles. The second-order valence-electron chi connectivity index (χ2n) is 21.7. The van der Waals surface area contributed by atoms with Crippen LogP contribution < -0.4 is 10.5 Å². The van der Waals surface area contributed by atoms with Crippen LogP contribution >= 0.6 is 44.3 Å². The quantitative estimate of drug-likeness (QED) is 0.0614. The Hall–Kier alpha value is -9.67. The van der Waals surface area contributed by atoms with E-state index < -0.39 is 0 Å². The minimum absolute atomic E-state index is 0.0451. The number of hydrogen-bond donors (Lipinski definition) is 1. The van der Waals surface area contributed by atoms with Crippen LogP contribution in [0.3, 0.4) is 0 Å². The molecule has 0 radical (unpaired) electrons. The molecule has 0 amide bonds. The van der Waals surface area contributed by atoms with Gasteiger partial charge in [-0.05, 0) is 224 Å². The fourth-order valence-electron chi connectivity index (χ4n) is 10.9. The van der Waals surface area contributed by atoms with Crippen LogP contribution in [0.4, 0.5) is 0 Å². The predicted molar refractivity (Wildman–Crippen MR) is 398 cm³/mol. The van der Waals surface area contributed by atoms with Crippen molar-refractivity contribution in [2.24, 2.45) is 15.7 Å². The van der Waals surface area contributed by atoms with Gasteiger partial charge in [0.2, 0.25) is 5.88 Å². The van der Waals surface area contributed by atoms with Crippen LogP contribution in [0, 0.1) is 41.5 Å². The Labute approximate surface area is 606 Å². The monoisotopic (exact) mass is 1570 g/mol. The molecule has 12 aromatic rings. The summed E-state index contributed by atoms with van der Waals surface area (Å²) in [5, 5.41) is 5.15. The van der Waals surface area contributed by atoms with Crippen molar-refractivity contribution in [3.63, 3.8) is 0 Å². The number of methoxy groups -OCH3 is 1. The van der Waals surface area contributed by atoms with Crippen molar-refractivity contribution >= 4 is 128 Å². The molecule has 0 fully saturated rings. The molecule has 0 bridgehead atoms. The zero-order valence-corrected chi connectivity index (χ0v) is 61.3. The van der Waals surface area contributed by atoms with Gasteiger partial charge >= 0.3 is 27.7 Å². The van der Waals surface area contributed by atoms with Crippen LogP contribution in [0.15, 0.2) is 211 Å². The molecule has 0 atom stereocenters. The summed E-state index contributed by atoms with van der Waals surface area (Å²) in [7, 11) is 6.29. The van der Waals surface area contributed by atoms with Crippen molar-refractivity contribution in [3.05, 3.63) is 294 Å². The van der Waals surface area contributed by atoms with E-state index in [9.17, 15) is 14.4 Å². The number of nitrogens with two attached hydrogens (primary N) is 1. The zero-order valence-electron chi connectivity index (χ0n) is 55.6. The standard InChI is InChI=1S/2C25H22ClN3O.C19H19ClN2O.C6H7NO.3CHO.ClH.Re/c2*1-17-6-11-24-23(15-17)22(12-14-27-16-21-5-3-4-13-28-21)18(2)29(24)25(30)19-7-9-20(26)10-8-19;1-12-3-8-18-17(11-12)16(9-10-21)13(2)22(18)19(23)14-4-6-15(20)7-5-14;1-8-6-4-2-3-5-7-6;3*1-2;;/h2*3-11,13,15-16H,12,14H2,1-2H3;3-8,11H,9-10,21H2,1-2H3;2-5H,1H3;3*1H;1H;/q;;;;3*-1;;+1/p-1. The van der Waals surface area contributed by atoms with E-state index in [1.807, 2.05) is 106 Å². The summed E-state index contributed by atoms with van der Waals surface area (Å²) in [4.78, 5) is 84.3. The average molecular weight is 1580 g/mol. The fourth-order valence-corrected chi connectivity index (χ4v) is 11.3. The fraction of sp³-hybridized carbons (Fsp3) is 0.167. The normalized spacial score (nSPS) is 10.4. The molecule has 16 nitrogen and oxygen atoms in total. The summed E-state index contributed by atoms with van der Waals surface area (Å²) in [6.45, 7) is 23.7. The van der Waals surface area contributed by atoms with E-state index in [4.69, 9.17) is 69.2 Å². The first kappa shape index (κ1) is 80.0. The Bertz CT molecular complexity index is 4430.